The van der Waals surface area contributed by atoms with Crippen molar-refractivity contribution in [1.82, 2.24) is 10.6 Å². The van der Waals surface area contributed by atoms with Crippen molar-refractivity contribution >= 4 is 106 Å². The highest BCUT2D eigenvalue weighted by molar-refractivity contribution is 6.93. The minimum absolute atomic E-state index is 0.406. The van der Waals surface area contributed by atoms with Gasteiger partial charge in [0.1, 0.15) is 11.5 Å². The average Bonchev–Trinajstić information content (AvgIpc) is 3.21. The summed E-state index contributed by atoms with van der Waals surface area (Å²) in [5, 5.41) is 5.69. The van der Waals surface area contributed by atoms with Crippen molar-refractivity contribution in [2.24, 2.45) is 0 Å². The van der Waals surface area contributed by atoms with Crippen molar-refractivity contribution in [3.05, 3.63) is 60.7 Å². The van der Waals surface area contributed by atoms with Crippen LogP contribution >= 0.6 is 0 Å². The molecule has 0 aliphatic heterocycles. The third-order valence-electron chi connectivity index (χ3n) is 11.8. The highest BCUT2D eigenvalue weighted by Crippen LogP contribution is 2.32. The molecule has 0 unspecified atom stereocenters. The summed E-state index contributed by atoms with van der Waals surface area (Å²) in [6.45, 7) is 48.3. The summed E-state index contributed by atoms with van der Waals surface area (Å²) in [7, 11) is -28.3. The number of amides is 2. The molecule has 0 heterocycles. The maximum atomic E-state index is 12.0. The van der Waals surface area contributed by atoms with Gasteiger partial charge in [0.2, 0.25) is 0 Å². The first-order valence-electron chi connectivity index (χ1n) is 29.0. The van der Waals surface area contributed by atoms with Crippen molar-refractivity contribution in [1.29, 1.82) is 0 Å². The van der Waals surface area contributed by atoms with Gasteiger partial charge < -0.3 is 61.3 Å². The fourth-order valence-corrected chi connectivity index (χ4v) is 67.2. The topological polar surface area (TPSA) is 169 Å². The molecule has 456 valence electrons. The van der Waals surface area contributed by atoms with Crippen molar-refractivity contribution in [2.45, 2.75) is 233 Å². The largest absolute Gasteiger partial charge is 0.436 e. The summed E-state index contributed by atoms with van der Waals surface area (Å²) in [5.74, 6) is 1.10. The van der Waals surface area contributed by atoms with E-state index in [1.807, 2.05) is 36.4 Å². The van der Waals surface area contributed by atoms with Gasteiger partial charge in [0.25, 0.3) is 0 Å². The molecule has 0 bridgehead atoms. The molecule has 0 aliphatic rings. The third kappa shape index (κ3) is 36.4. The van der Waals surface area contributed by atoms with E-state index in [9.17, 15) is 9.59 Å². The van der Waals surface area contributed by atoms with Gasteiger partial charge >= 0.3 is 89.2 Å². The molecule has 0 radical (unpaired) electrons. The standard InChI is InChI=1S/C52H110N2O14Si11/c1-69(2,47-39-29-25-23-27-37-45-53-51(55)57-49-41-33-31-34-42-49)59-71(5,6)61-73(9,10)63-75(13,14)65-77(17,18)67-79(21,22)68-78(19,20)66-76(15,16)64-74(11,12)62-72(7,8)60-70(3,4)48-40-30-26-24-28-38-46-54-52(56)58-50-43-35-32-36-44-50/h31-36,41-44H,23-30,37-40,45-48H2,1-22H3,(H,53,55)(H,54,56). The van der Waals surface area contributed by atoms with Crippen LogP contribution in [0.4, 0.5) is 9.59 Å². The van der Waals surface area contributed by atoms with Crippen molar-refractivity contribution in [2.75, 3.05) is 13.1 Å². The second-order valence-electron chi connectivity index (χ2n) is 26.1. The number of benzene rings is 2. The molecule has 2 N–H and O–H groups in total. The van der Waals surface area contributed by atoms with Gasteiger partial charge in [-0.15, -0.1) is 0 Å². The summed E-state index contributed by atoms with van der Waals surface area (Å²) in [5.41, 5.74) is 0. The van der Waals surface area contributed by atoms with Gasteiger partial charge in [-0.2, -0.15) is 0 Å². The van der Waals surface area contributed by atoms with Gasteiger partial charge in [0.05, 0.1) is 0 Å². The molecule has 0 spiro atoms. The van der Waals surface area contributed by atoms with E-state index in [4.69, 9.17) is 50.6 Å². The molecule has 0 aromatic heterocycles. The lowest BCUT2D eigenvalue weighted by atomic mass is 10.1. The number of hydrogen-bond acceptors (Lipinski definition) is 14. The van der Waals surface area contributed by atoms with Crippen LogP contribution in [0.15, 0.2) is 60.7 Å². The summed E-state index contributed by atoms with van der Waals surface area (Å²) in [6, 6.07) is 20.4. The van der Waals surface area contributed by atoms with Gasteiger partial charge in [0, 0.05) is 13.1 Å². The minimum Gasteiger partial charge on any atom is -0.436 e. The molecule has 2 amide bonds. The first-order valence-corrected chi connectivity index (χ1v) is 60.6. The number of hydrogen-bond donors (Lipinski definition) is 2. The second-order valence-corrected chi connectivity index (χ2v) is 67.5. The fourth-order valence-electron chi connectivity index (χ4n) is 10.8. The molecular weight excluding hydrogens is 1190 g/mol. The van der Waals surface area contributed by atoms with Gasteiger partial charge in [-0.1, -0.05) is 101 Å². The molecular formula is C52H110N2O14Si11. The van der Waals surface area contributed by atoms with Crippen LogP contribution in [0.1, 0.15) is 77.0 Å². The van der Waals surface area contributed by atoms with Crippen LogP contribution in [-0.2, 0) is 41.2 Å². The predicted octanol–water partition coefficient (Wildman–Crippen LogP) is 16.1. The van der Waals surface area contributed by atoms with Crippen LogP contribution in [0.3, 0.4) is 0 Å². The first-order chi connectivity index (χ1) is 36.0. The Morgan fingerprint density at radius 2 is 0.494 bits per heavy atom. The molecule has 2 aromatic rings. The van der Waals surface area contributed by atoms with E-state index in [2.05, 4.69) is 155 Å². The Labute approximate surface area is 492 Å². The normalized spacial score (nSPS) is 13.8. The van der Waals surface area contributed by atoms with Crippen LogP contribution in [0.2, 0.25) is 156 Å². The van der Waals surface area contributed by atoms with Gasteiger partial charge in [0.15, 0.2) is 16.6 Å². The van der Waals surface area contributed by atoms with Gasteiger partial charge in [-0.05, 0) is 193 Å². The summed E-state index contributed by atoms with van der Waals surface area (Å²) in [4.78, 5) is 24.0. The lowest BCUT2D eigenvalue weighted by Crippen LogP contribution is -2.62. The maximum Gasteiger partial charge on any atom is 0.412 e. The van der Waals surface area contributed by atoms with Gasteiger partial charge in [-0.25, -0.2) is 9.59 Å². The summed E-state index contributed by atoms with van der Waals surface area (Å²) < 4.78 is 79.7. The highest BCUT2D eigenvalue weighted by Gasteiger charge is 2.51. The summed E-state index contributed by atoms with van der Waals surface area (Å²) >= 11 is 0. The van der Waals surface area contributed by atoms with Crippen molar-refractivity contribution < 1.29 is 60.2 Å². The number of carbonyl (C=O) groups excluding carboxylic acids is 2. The lowest BCUT2D eigenvalue weighted by Gasteiger charge is -2.45. The van der Waals surface area contributed by atoms with E-state index in [1.54, 1.807) is 24.3 Å². The van der Waals surface area contributed by atoms with Gasteiger partial charge in [-0.3, -0.25) is 0 Å². The Balaban J connectivity index is 1.77. The Hall–Kier alpha value is -1.03. The molecule has 79 heavy (non-hydrogen) atoms. The summed E-state index contributed by atoms with van der Waals surface area (Å²) in [6.07, 6.45) is 12.4. The number of carbonyl (C=O) groups is 2. The zero-order valence-electron chi connectivity index (χ0n) is 53.3. The third-order valence-corrected chi connectivity index (χ3v) is 54.8. The van der Waals surface area contributed by atoms with E-state index in [0.717, 1.165) is 89.1 Å². The zero-order valence-corrected chi connectivity index (χ0v) is 64.3. The molecule has 2 rings (SSSR count). The molecule has 2 aromatic carbocycles. The van der Waals surface area contributed by atoms with Crippen LogP contribution in [0.25, 0.3) is 0 Å². The molecule has 0 atom stereocenters. The van der Waals surface area contributed by atoms with Crippen LogP contribution < -0.4 is 20.1 Å². The van der Waals surface area contributed by atoms with Crippen LogP contribution in [0.5, 0.6) is 11.5 Å². The van der Waals surface area contributed by atoms with Crippen molar-refractivity contribution in [3.8, 4) is 11.5 Å². The second kappa shape index (κ2) is 32.5. The van der Waals surface area contributed by atoms with E-state index in [1.165, 1.54) is 0 Å². The molecule has 0 saturated carbocycles. The van der Waals surface area contributed by atoms with Crippen LogP contribution in [-0.4, -0.2) is 119 Å². The Bertz CT molecular complexity index is 1950. The SMILES string of the molecule is C[Si](C)(CCCCCCCCNC(=O)Oc1ccccc1)O[Si](C)(C)O[Si](C)(C)O[Si](C)(C)O[Si](C)(C)O[Si](C)(C)O[Si](C)(C)O[Si](C)(C)O[Si](C)(C)O[Si](C)(C)O[Si](C)(C)CCCCCCCCNC(=O)Oc1ccccc1. The molecule has 0 fully saturated rings. The Morgan fingerprint density at radius 3 is 0.734 bits per heavy atom. The number of rotatable bonds is 40. The Kier molecular flexibility index (Phi) is 30.4. The molecule has 0 aliphatic carbocycles. The quantitative estimate of drug-likeness (QED) is 0.0477. The number of nitrogens with one attached hydrogen (secondary N) is 2. The minimum atomic E-state index is -2.79. The predicted molar refractivity (Wildman–Crippen MR) is 349 cm³/mol. The molecule has 27 heteroatoms. The maximum absolute atomic E-state index is 12.0. The molecule has 16 nitrogen and oxygen atoms in total. The Morgan fingerprint density at radius 1 is 0.291 bits per heavy atom. The van der Waals surface area contributed by atoms with E-state index >= 15 is 0 Å². The van der Waals surface area contributed by atoms with Crippen LogP contribution in [0, 0.1) is 0 Å². The zero-order chi connectivity index (χ0) is 60.1. The highest BCUT2D eigenvalue weighted by atomic mass is 28.5. The van der Waals surface area contributed by atoms with E-state index < -0.39 is 106 Å². The monoisotopic (exact) mass is 1290 g/mol. The number of unbranched alkanes of at least 4 members (excludes halogenated alkanes) is 10. The average molecular weight is 1300 g/mol. The molecule has 0 saturated heterocycles. The number of ether oxygens (including phenoxy) is 2. The fraction of sp³-hybridized carbons (Fsp3) is 0.731. The van der Waals surface area contributed by atoms with Crippen molar-refractivity contribution in [3.63, 3.8) is 0 Å². The van der Waals surface area contributed by atoms with E-state index in [0.29, 0.717) is 24.6 Å². The van der Waals surface area contributed by atoms with E-state index in [-0.39, 0.29) is 0 Å². The first kappa shape index (κ1) is 74.1. The lowest BCUT2D eigenvalue weighted by molar-refractivity contribution is 0.199. The number of para-hydroxylation sites is 2. The smallest absolute Gasteiger partial charge is 0.412 e.